The van der Waals surface area contributed by atoms with Gasteiger partial charge in [0.15, 0.2) is 0 Å². The molecule has 0 radical (unpaired) electrons. The van der Waals surface area contributed by atoms with E-state index in [-0.39, 0.29) is 5.82 Å². The van der Waals surface area contributed by atoms with Crippen LogP contribution in [0.3, 0.4) is 0 Å². The minimum Gasteiger partial charge on any atom is -0.384 e. The number of anilines is 1. The summed E-state index contributed by atoms with van der Waals surface area (Å²) in [6.45, 7) is 0. The van der Waals surface area contributed by atoms with Gasteiger partial charge in [0.2, 0.25) is 0 Å². The second-order valence-corrected chi connectivity index (χ2v) is 3.76. The van der Waals surface area contributed by atoms with Crippen molar-refractivity contribution in [1.29, 1.82) is 0 Å². The lowest BCUT2D eigenvalue weighted by Gasteiger charge is -2.03. The Balaban J connectivity index is 2.21. The van der Waals surface area contributed by atoms with Crippen LogP contribution in [0.25, 0.3) is 22.0 Å². The maximum absolute atomic E-state index is 13.9. The van der Waals surface area contributed by atoms with Crippen LogP contribution in [0.2, 0.25) is 0 Å². The summed E-state index contributed by atoms with van der Waals surface area (Å²) in [5, 5.41) is 7.45. The standard InChI is InChI=1S/C12H9FN4/c13-10-4-11-8(6-16-17-11)3-9(10)7-1-2-12(14)15-5-7/h1-6H,(H2,14,15)(H,16,17). The Labute approximate surface area is 96.3 Å². The number of hydrogen-bond donors (Lipinski definition) is 2. The van der Waals surface area contributed by atoms with Crippen LogP contribution in [-0.2, 0) is 0 Å². The zero-order valence-corrected chi connectivity index (χ0v) is 8.81. The Morgan fingerprint density at radius 3 is 2.82 bits per heavy atom. The number of fused-ring (bicyclic) bond motifs is 1. The molecule has 0 amide bonds. The Bertz CT molecular complexity index is 673. The van der Waals surface area contributed by atoms with Gasteiger partial charge in [0.1, 0.15) is 11.6 Å². The lowest BCUT2D eigenvalue weighted by atomic mass is 10.1. The summed E-state index contributed by atoms with van der Waals surface area (Å²) in [5.41, 5.74) is 7.36. The second kappa shape index (κ2) is 3.55. The zero-order valence-electron chi connectivity index (χ0n) is 8.81. The van der Waals surface area contributed by atoms with Crippen molar-refractivity contribution in [3.05, 3.63) is 42.5 Å². The number of nitrogens with one attached hydrogen (secondary N) is 1. The predicted octanol–water partition coefficient (Wildman–Crippen LogP) is 2.35. The number of nitrogen functional groups attached to an aromatic ring is 1. The molecule has 0 saturated carbocycles. The summed E-state index contributed by atoms with van der Waals surface area (Å²) in [6, 6.07) is 6.55. The number of nitrogens with zero attached hydrogens (tertiary/aromatic N) is 2. The van der Waals surface area contributed by atoms with Gasteiger partial charge in [-0.15, -0.1) is 0 Å². The number of hydrogen-bond acceptors (Lipinski definition) is 3. The van der Waals surface area contributed by atoms with Crippen LogP contribution < -0.4 is 5.73 Å². The number of H-pyrrole nitrogens is 1. The molecule has 4 nitrogen and oxygen atoms in total. The highest BCUT2D eigenvalue weighted by Crippen LogP contribution is 2.26. The van der Waals surface area contributed by atoms with Crippen molar-refractivity contribution in [2.24, 2.45) is 0 Å². The van der Waals surface area contributed by atoms with Gasteiger partial charge in [-0.05, 0) is 18.2 Å². The van der Waals surface area contributed by atoms with Gasteiger partial charge in [0.25, 0.3) is 0 Å². The Morgan fingerprint density at radius 1 is 1.18 bits per heavy atom. The summed E-state index contributed by atoms with van der Waals surface area (Å²) in [6.07, 6.45) is 3.21. The fourth-order valence-corrected chi connectivity index (χ4v) is 1.75. The molecule has 1 aromatic carbocycles. The molecule has 0 spiro atoms. The first-order valence-corrected chi connectivity index (χ1v) is 5.08. The molecule has 0 aliphatic rings. The van der Waals surface area contributed by atoms with E-state index < -0.39 is 0 Å². The maximum Gasteiger partial charge on any atom is 0.133 e. The largest absolute Gasteiger partial charge is 0.384 e. The normalized spacial score (nSPS) is 10.9. The van der Waals surface area contributed by atoms with E-state index in [2.05, 4.69) is 15.2 Å². The number of aromatic amines is 1. The third-order valence-corrected chi connectivity index (χ3v) is 2.63. The average molecular weight is 228 g/mol. The molecule has 0 unspecified atom stereocenters. The van der Waals surface area contributed by atoms with E-state index >= 15 is 0 Å². The topological polar surface area (TPSA) is 67.6 Å². The molecule has 17 heavy (non-hydrogen) atoms. The summed E-state index contributed by atoms with van der Waals surface area (Å²) < 4.78 is 13.9. The molecule has 0 bridgehead atoms. The van der Waals surface area contributed by atoms with Crippen molar-refractivity contribution < 1.29 is 4.39 Å². The van der Waals surface area contributed by atoms with Gasteiger partial charge in [0.05, 0.1) is 11.7 Å². The molecule has 3 N–H and O–H groups in total. The van der Waals surface area contributed by atoms with Gasteiger partial charge in [-0.3, -0.25) is 5.10 Å². The van der Waals surface area contributed by atoms with E-state index in [0.29, 0.717) is 22.5 Å². The molecule has 0 saturated heterocycles. The third-order valence-electron chi connectivity index (χ3n) is 2.63. The first-order chi connectivity index (χ1) is 8.24. The molecule has 84 valence electrons. The van der Waals surface area contributed by atoms with Crippen LogP contribution in [0.4, 0.5) is 10.2 Å². The van der Waals surface area contributed by atoms with Crippen LogP contribution in [-0.4, -0.2) is 15.2 Å². The Hall–Kier alpha value is -2.43. The van der Waals surface area contributed by atoms with Crippen molar-refractivity contribution in [2.45, 2.75) is 0 Å². The van der Waals surface area contributed by atoms with Crippen molar-refractivity contribution in [1.82, 2.24) is 15.2 Å². The van der Waals surface area contributed by atoms with Crippen LogP contribution >= 0.6 is 0 Å². The number of benzene rings is 1. The van der Waals surface area contributed by atoms with Crippen LogP contribution in [0.15, 0.2) is 36.7 Å². The number of rotatable bonds is 1. The van der Waals surface area contributed by atoms with Gasteiger partial charge in [0, 0.05) is 28.8 Å². The monoisotopic (exact) mass is 228 g/mol. The van der Waals surface area contributed by atoms with E-state index in [1.165, 1.54) is 6.07 Å². The first kappa shape index (κ1) is 9.77. The number of halogens is 1. The maximum atomic E-state index is 13.9. The summed E-state index contributed by atoms with van der Waals surface area (Å²) >= 11 is 0. The average Bonchev–Trinajstić information content (AvgIpc) is 2.76. The Kier molecular flexibility index (Phi) is 2.04. The van der Waals surface area contributed by atoms with Crippen molar-refractivity contribution >= 4 is 16.7 Å². The predicted molar refractivity (Wildman–Crippen MR) is 63.7 cm³/mol. The van der Waals surface area contributed by atoms with E-state index in [1.54, 1.807) is 30.6 Å². The quantitative estimate of drug-likeness (QED) is 0.671. The molecular weight excluding hydrogens is 219 g/mol. The molecular formula is C12H9FN4. The summed E-state index contributed by atoms with van der Waals surface area (Å²) in [7, 11) is 0. The van der Waals surface area contributed by atoms with Gasteiger partial charge in [-0.25, -0.2) is 9.37 Å². The molecule has 0 aliphatic heterocycles. The minimum absolute atomic E-state index is 0.312. The van der Waals surface area contributed by atoms with E-state index in [4.69, 9.17) is 5.73 Å². The van der Waals surface area contributed by atoms with Gasteiger partial charge in [-0.2, -0.15) is 5.10 Å². The second-order valence-electron chi connectivity index (χ2n) is 3.76. The van der Waals surface area contributed by atoms with E-state index in [0.717, 1.165) is 5.39 Å². The fourth-order valence-electron chi connectivity index (χ4n) is 1.75. The highest BCUT2D eigenvalue weighted by molar-refractivity contribution is 5.84. The van der Waals surface area contributed by atoms with Crippen LogP contribution in [0, 0.1) is 5.82 Å². The van der Waals surface area contributed by atoms with Crippen molar-refractivity contribution in [2.75, 3.05) is 5.73 Å². The fraction of sp³-hybridized carbons (Fsp3) is 0. The highest BCUT2D eigenvalue weighted by atomic mass is 19.1. The molecule has 2 heterocycles. The van der Waals surface area contributed by atoms with Gasteiger partial charge < -0.3 is 5.73 Å². The van der Waals surface area contributed by atoms with Gasteiger partial charge >= 0.3 is 0 Å². The van der Waals surface area contributed by atoms with Crippen LogP contribution in [0.5, 0.6) is 0 Å². The molecule has 0 fully saturated rings. The lowest BCUT2D eigenvalue weighted by molar-refractivity contribution is 0.632. The van der Waals surface area contributed by atoms with E-state index in [1.807, 2.05) is 0 Å². The van der Waals surface area contributed by atoms with Crippen molar-refractivity contribution in [3.8, 4) is 11.1 Å². The van der Waals surface area contributed by atoms with E-state index in [9.17, 15) is 4.39 Å². The molecule has 3 rings (SSSR count). The number of pyridine rings is 1. The Morgan fingerprint density at radius 2 is 2.06 bits per heavy atom. The number of aromatic nitrogens is 3. The molecule has 0 atom stereocenters. The van der Waals surface area contributed by atoms with Crippen LogP contribution in [0.1, 0.15) is 0 Å². The minimum atomic E-state index is -0.312. The SMILES string of the molecule is Nc1ccc(-c2cc3cn[nH]c3cc2F)cn1. The molecule has 3 aromatic rings. The van der Waals surface area contributed by atoms with Crippen molar-refractivity contribution in [3.63, 3.8) is 0 Å². The smallest absolute Gasteiger partial charge is 0.133 e. The summed E-state index contributed by atoms with van der Waals surface area (Å²) in [4.78, 5) is 3.95. The molecule has 0 aliphatic carbocycles. The zero-order chi connectivity index (χ0) is 11.8. The lowest BCUT2D eigenvalue weighted by Crippen LogP contribution is -1.90. The van der Waals surface area contributed by atoms with Gasteiger partial charge in [-0.1, -0.05) is 0 Å². The molecule has 5 heteroatoms. The molecule has 2 aromatic heterocycles. The summed E-state index contributed by atoms with van der Waals surface area (Å²) in [5.74, 6) is 0.104. The third kappa shape index (κ3) is 1.61. The first-order valence-electron chi connectivity index (χ1n) is 5.08. The number of nitrogens with two attached hydrogens (primary N) is 1. The highest BCUT2D eigenvalue weighted by Gasteiger charge is 2.08.